The molecule has 0 saturated carbocycles. The largest absolute Gasteiger partial charge is 0.356 e. The molecule has 0 aliphatic carbocycles. The van der Waals surface area contributed by atoms with Crippen LogP contribution in [0.5, 0.6) is 0 Å². The van der Waals surface area contributed by atoms with Gasteiger partial charge in [-0.2, -0.15) is 0 Å². The van der Waals surface area contributed by atoms with E-state index < -0.39 is 0 Å². The number of carbonyl (C=O) groups excluding carboxylic acids is 2. The number of hydrogen-bond donors (Lipinski definition) is 2. The minimum Gasteiger partial charge on any atom is -0.356 e. The number of likely N-dealkylation sites (tertiary alicyclic amines) is 1. The summed E-state index contributed by atoms with van der Waals surface area (Å²) < 4.78 is 0. The quantitative estimate of drug-likeness (QED) is 0.569. The Balaban J connectivity index is 1.46. The molecule has 162 valence electrons. The van der Waals surface area contributed by atoms with Gasteiger partial charge in [0.2, 0.25) is 11.8 Å². The third-order valence-electron chi connectivity index (χ3n) is 5.54. The van der Waals surface area contributed by atoms with Gasteiger partial charge in [-0.05, 0) is 37.9 Å². The first-order valence-corrected chi connectivity index (χ1v) is 11.8. The predicted octanol–water partition coefficient (Wildman–Crippen LogP) is 3.37. The summed E-state index contributed by atoms with van der Waals surface area (Å²) in [7, 11) is 0. The first kappa shape index (κ1) is 22.4. The summed E-state index contributed by atoms with van der Waals surface area (Å²) in [5.41, 5.74) is 1.03. The molecule has 1 fully saturated rings. The van der Waals surface area contributed by atoms with Crippen molar-refractivity contribution in [2.45, 2.75) is 45.1 Å². The standard InChI is InChI=1S/C23H32N4O2S/c1-2-3-7-12-24-22(29)19-10-14-27(15-11-19)17-20(28)26-21(23-25-13-16-30-23)18-8-5-4-6-9-18/h4-6,8-9,13,16,19,21H,2-3,7,10-12,14-15,17H2,1H3,(H,24,29)(H,26,28). The molecule has 2 aromatic rings. The van der Waals surface area contributed by atoms with Gasteiger partial charge in [-0.1, -0.05) is 50.1 Å². The van der Waals surface area contributed by atoms with Crippen LogP contribution in [0.1, 0.15) is 55.6 Å². The van der Waals surface area contributed by atoms with Crippen LogP contribution in [0, 0.1) is 5.92 Å². The number of unbranched alkanes of at least 4 members (excludes halogenated alkanes) is 2. The van der Waals surface area contributed by atoms with E-state index in [0.717, 1.165) is 62.3 Å². The third kappa shape index (κ3) is 6.64. The molecule has 0 radical (unpaired) electrons. The highest BCUT2D eigenvalue weighted by molar-refractivity contribution is 7.09. The zero-order valence-electron chi connectivity index (χ0n) is 17.7. The van der Waals surface area contributed by atoms with Crippen LogP contribution >= 0.6 is 11.3 Å². The van der Waals surface area contributed by atoms with E-state index in [-0.39, 0.29) is 23.8 Å². The van der Waals surface area contributed by atoms with E-state index in [0.29, 0.717) is 6.54 Å². The van der Waals surface area contributed by atoms with E-state index in [2.05, 4.69) is 27.4 Å². The molecule has 0 spiro atoms. The van der Waals surface area contributed by atoms with Crippen molar-refractivity contribution in [1.29, 1.82) is 0 Å². The van der Waals surface area contributed by atoms with E-state index in [1.54, 1.807) is 17.5 Å². The van der Waals surface area contributed by atoms with Gasteiger partial charge in [0.25, 0.3) is 0 Å². The molecule has 2 heterocycles. The first-order chi connectivity index (χ1) is 14.7. The van der Waals surface area contributed by atoms with Crippen LogP contribution in [0.3, 0.4) is 0 Å². The summed E-state index contributed by atoms with van der Waals surface area (Å²) in [6, 6.07) is 9.70. The molecule has 7 heteroatoms. The maximum atomic E-state index is 12.8. The second kappa shape index (κ2) is 11.8. The molecule has 1 aromatic heterocycles. The number of aromatic nitrogens is 1. The van der Waals surface area contributed by atoms with Gasteiger partial charge >= 0.3 is 0 Å². The van der Waals surface area contributed by atoms with Gasteiger partial charge in [0, 0.05) is 24.0 Å². The van der Waals surface area contributed by atoms with Crippen molar-refractivity contribution in [3.8, 4) is 0 Å². The molecule has 1 saturated heterocycles. The van der Waals surface area contributed by atoms with E-state index in [9.17, 15) is 9.59 Å². The van der Waals surface area contributed by atoms with Gasteiger partial charge in [0.1, 0.15) is 11.0 Å². The molecular weight excluding hydrogens is 396 g/mol. The average Bonchev–Trinajstić information content (AvgIpc) is 3.31. The summed E-state index contributed by atoms with van der Waals surface area (Å²) in [5.74, 6) is 0.225. The molecule has 2 N–H and O–H groups in total. The molecule has 1 atom stereocenters. The number of hydrogen-bond acceptors (Lipinski definition) is 5. The van der Waals surface area contributed by atoms with E-state index in [4.69, 9.17) is 0 Å². The van der Waals surface area contributed by atoms with Crippen LogP contribution in [-0.2, 0) is 9.59 Å². The van der Waals surface area contributed by atoms with Crippen LogP contribution < -0.4 is 10.6 Å². The lowest BCUT2D eigenvalue weighted by Crippen LogP contribution is -2.45. The van der Waals surface area contributed by atoms with E-state index >= 15 is 0 Å². The lowest BCUT2D eigenvalue weighted by molar-refractivity contribution is -0.126. The molecule has 6 nitrogen and oxygen atoms in total. The van der Waals surface area contributed by atoms with Crippen molar-refractivity contribution in [3.63, 3.8) is 0 Å². The first-order valence-electron chi connectivity index (χ1n) is 10.9. The van der Waals surface area contributed by atoms with Crippen molar-refractivity contribution in [2.24, 2.45) is 5.92 Å². The normalized spacial score (nSPS) is 16.2. The number of amides is 2. The predicted molar refractivity (Wildman–Crippen MR) is 120 cm³/mol. The number of piperidine rings is 1. The topological polar surface area (TPSA) is 74.3 Å². The molecule has 1 unspecified atom stereocenters. The Morgan fingerprint density at radius 3 is 2.63 bits per heavy atom. The van der Waals surface area contributed by atoms with Crippen molar-refractivity contribution in [1.82, 2.24) is 20.5 Å². The zero-order chi connectivity index (χ0) is 21.2. The van der Waals surface area contributed by atoms with Crippen LogP contribution in [0.2, 0.25) is 0 Å². The number of carbonyl (C=O) groups is 2. The van der Waals surface area contributed by atoms with Crippen LogP contribution in [0.15, 0.2) is 41.9 Å². The van der Waals surface area contributed by atoms with Gasteiger partial charge in [0.15, 0.2) is 0 Å². The van der Waals surface area contributed by atoms with Gasteiger partial charge in [0.05, 0.1) is 6.54 Å². The molecule has 1 aromatic carbocycles. The molecule has 2 amide bonds. The SMILES string of the molecule is CCCCCNC(=O)C1CCN(CC(=O)NC(c2ccccc2)c2nccs2)CC1. The van der Waals surface area contributed by atoms with E-state index in [1.807, 2.05) is 35.7 Å². The second-order valence-electron chi connectivity index (χ2n) is 7.83. The smallest absolute Gasteiger partial charge is 0.235 e. The fourth-order valence-corrected chi connectivity index (χ4v) is 4.52. The summed E-state index contributed by atoms with van der Waals surface area (Å²) in [6.45, 7) is 4.82. The van der Waals surface area contributed by atoms with Crippen molar-refractivity contribution in [3.05, 3.63) is 52.5 Å². The maximum Gasteiger partial charge on any atom is 0.235 e. The number of rotatable bonds is 10. The summed E-state index contributed by atoms with van der Waals surface area (Å²) in [5, 5.41) is 9.01. The summed E-state index contributed by atoms with van der Waals surface area (Å²) in [6.07, 6.45) is 6.73. The maximum absolute atomic E-state index is 12.8. The Morgan fingerprint density at radius 2 is 1.97 bits per heavy atom. The lowest BCUT2D eigenvalue weighted by Gasteiger charge is -2.31. The number of nitrogens with zero attached hydrogens (tertiary/aromatic N) is 2. The van der Waals surface area contributed by atoms with Gasteiger partial charge in [-0.15, -0.1) is 11.3 Å². The number of nitrogens with one attached hydrogen (secondary N) is 2. The molecule has 0 bridgehead atoms. The van der Waals surface area contributed by atoms with Crippen LogP contribution in [0.4, 0.5) is 0 Å². The van der Waals surface area contributed by atoms with Crippen molar-refractivity contribution < 1.29 is 9.59 Å². The third-order valence-corrected chi connectivity index (χ3v) is 6.38. The molecule has 30 heavy (non-hydrogen) atoms. The van der Waals surface area contributed by atoms with Gasteiger partial charge < -0.3 is 10.6 Å². The highest BCUT2D eigenvalue weighted by Crippen LogP contribution is 2.24. The Labute approximate surface area is 183 Å². The van der Waals surface area contributed by atoms with Crippen molar-refractivity contribution in [2.75, 3.05) is 26.2 Å². The Bertz CT molecular complexity index is 774. The Hall–Kier alpha value is -2.25. The lowest BCUT2D eigenvalue weighted by atomic mass is 9.96. The Kier molecular flexibility index (Phi) is 8.83. The zero-order valence-corrected chi connectivity index (χ0v) is 18.5. The molecule has 3 rings (SSSR count). The van der Waals surface area contributed by atoms with Gasteiger partial charge in [-0.3, -0.25) is 14.5 Å². The summed E-state index contributed by atoms with van der Waals surface area (Å²) in [4.78, 5) is 31.6. The highest BCUT2D eigenvalue weighted by Gasteiger charge is 2.26. The number of thiazole rings is 1. The van der Waals surface area contributed by atoms with E-state index in [1.165, 1.54) is 0 Å². The second-order valence-corrected chi connectivity index (χ2v) is 8.76. The minimum atomic E-state index is -0.231. The fraction of sp³-hybridized carbons (Fsp3) is 0.522. The Morgan fingerprint density at radius 1 is 1.20 bits per heavy atom. The average molecular weight is 429 g/mol. The van der Waals surface area contributed by atoms with Gasteiger partial charge in [-0.25, -0.2) is 4.98 Å². The van der Waals surface area contributed by atoms with Crippen LogP contribution in [-0.4, -0.2) is 47.9 Å². The molecular formula is C23H32N4O2S. The molecule has 1 aliphatic heterocycles. The number of benzene rings is 1. The highest BCUT2D eigenvalue weighted by atomic mass is 32.1. The fourth-order valence-electron chi connectivity index (χ4n) is 3.80. The monoisotopic (exact) mass is 428 g/mol. The van der Waals surface area contributed by atoms with Crippen LogP contribution in [0.25, 0.3) is 0 Å². The summed E-state index contributed by atoms with van der Waals surface area (Å²) >= 11 is 1.54. The molecule has 1 aliphatic rings. The van der Waals surface area contributed by atoms with Crippen molar-refractivity contribution >= 4 is 23.2 Å². The minimum absolute atomic E-state index is 0.0125.